The van der Waals surface area contributed by atoms with Crippen molar-refractivity contribution in [3.05, 3.63) is 76.0 Å². The number of methoxy groups -OCH3 is 3. The second kappa shape index (κ2) is 10.7. The van der Waals surface area contributed by atoms with Gasteiger partial charge < -0.3 is 24.5 Å². The molecule has 11 heteroatoms. The molecule has 0 aliphatic rings. The lowest BCUT2D eigenvalue weighted by Gasteiger charge is -2.15. The molecule has 0 saturated carbocycles. The zero-order valence-corrected chi connectivity index (χ0v) is 22.3. The molecule has 0 unspecified atom stereocenters. The highest BCUT2D eigenvalue weighted by molar-refractivity contribution is 7.99. The highest BCUT2D eigenvalue weighted by Crippen LogP contribution is 2.32. The van der Waals surface area contributed by atoms with E-state index in [-0.39, 0.29) is 17.2 Å². The van der Waals surface area contributed by atoms with E-state index in [1.54, 1.807) is 36.4 Å². The zero-order chi connectivity index (χ0) is 26.8. The number of anilines is 1. The number of fused-ring (bicyclic) bond motifs is 3. The molecule has 0 saturated heterocycles. The fraction of sp³-hybridized carbons (Fsp3) is 0.148. The number of rotatable bonds is 8. The Morgan fingerprint density at radius 2 is 1.74 bits per heavy atom. The summed E-state index contributed by atoms with van der Waals surface area (Å²) < 4.78 is 17.6. The lowest BCUT2D eigenvalue weighted by molar-refractivity contribution is -0.113. The summed E-state index contributed by atoms with van der Waals surface area (Å²) in [6.07, 6.45) is 0. The third kappa shape index (κ3) is 4.75. The van der Waals surface area contributed by atoms with Crippen LogP contribution in [0.15, 0.2) is 70.6 Å². The summed E-state index contributed by atoms with van der Waals surface area (Å²) in [5, 5.41) is 4.43. The lowest BCUT2D eigenvalue weighted by Crippen LogP contribution is -2.23. The summed E-state index contributed by atoms with van der Waals surface area (Å²) in [7, 11) is 4.57. The van der Waals surface area contributed by atoms with Crippen molar-refractivity contribution < 1.29 is 19.0 Å². The SMILES string of the molecule is COc1ccc(Cl)cc1NC(=O)CSc1nc2c([nH]c3ccccc32)c(=O)n1-c1ccc(OC)c(OC)c1. The summed E-state index contributed by atoms with van der Waals surface area (Å²) in [5.74, 6) is 1.11. The Morgan fingerprint density at radius 3 is 2.50 bits per heavy atom. The van der Waals surface area contributed by atoms with Crippen LogP contribution < -0.4 is 25.1 Å². The molecule has 0 spiro atoms. The van der Waals surface area contributed by atoms with Crippen LogP contribution in [0.5, 0.6) is 17.2 Å². The van der Waals surface area contributed by atoms with Crippen LogP contribution in [0.3, 0.4) is 0 Å². The van der Waals surface area contributed by atoms with Gasteiger partial charge in [0.05, 0.1) is 38.5 Å². The molecule has 3 aromatic carbocycles. The van der Waals surface area contributed by atoms with Crippen LogP contribution >= 0.6 is 23.4 Å². The van der Waals surface area contributed by atoms with Gasteiger partial charge in [-0.05, 0) is 36.4 Å². The van der Waals surface area contributed by atoms with Crippen molar-refractivity contribution >= 4 is 56.9 Å². The first-order valence-corrected chi connectivity index (χ1v) is 12.8. The Kier molecular flexibility index (Phi) is 7.17. The number of aromatic nitrogens is 3. The molecule has 2 aromatic heterocycles. The molecule has 2 N–H and O–H groups in total. The number of nitrogens with one attached hydrogen (secondary N) is 2. The van der Waals surface area contributed by atoms with Gasteiger partial charge in [0, 0.05) is 22.0 Å². The molecule has 5 aromatic rings. The maximum Gasteiger partial charge on any atom is 0.283 e. The monoisotopic (exact) mass is 550 g/mol. The van der Waals surface area contributed by atoms with Crippen molar-refractivity contribution in [3.8, 4) is 22.9 Å². The minimum absolute atomic E-state index is 0.0245. The van der Waals surface area contributed by atoms with Gasteiger partial charge in [0.25, 0.3) is 5.56 Å². The van der Waals surface area contributed by atoms with Gasteiger partial charge in [-0.3, -0.25) is 14.2 Å². The first kappa shape index (κ1) is 25.5. The van der Waals surface area contributed by atoms with Gasteiger partial charge in [-0.2, -0.15) is 0 Å². The number of H-pyrrole nitrogens is 1. The second-order valence-electron chi connectivity index (χ2n) is 8.15. The van der Waals surface area contributed by atoms with E-state index in [0.717, 1.165) is 22.7 Å². The quantitative estimate of drug-likeness (QED) is 0.200. The zero-order valence-electron chi connectivity index (χ0n) is 20.7. The van der Waals surface area contributed by atoms with Crippen LogP contribution in [0, 0.1) is 0 Å². The number of nitrogens with zero attached hydrogens (tertiary/aromatic N) is 2. The molecular formula is C27H23ClN4O5S. The Morgan fingerprint density at radius 1 is 1.00 bits per heavy atom. The number of thioether (sulfide) groups is 1. The number of amides is 1. The van der Waals surface area contributed by atoms with E-state index in [1.807, 2.05) is 24.3 Å². The number of aromatic amines is 1. The summed E-state index contributed by atoms with van der Waals surface area (Å²) in [6, 6.07) is 17.6. The molecule has 5 rings (SSSR count). The van der Waals surface area contributed by atoms with Crippen molar-refractivity contribution in [1.82, 2.24) is 14.5 Å². The number of hydrogen-bond donors (Lipinski definition) is 2. The molecule has 0 atom stereocenters. The van der Waals surface area contributed by atoms with E-state index in [4.69, 9.17) is 30.8 Å². The van der Waals surface area contributed by atoms with E-state index in [9.17, 15) is 9.59 Å². The molecule has 0 fully saturated rings. The largest absolute Gasteiger partial charge is 0.495 e. The first-order chi connectivity index (χ1) is 18.4. The van der Waals surface area contributed by atoms with Gasteiger partial charge in [-0.15, -0.1) is 0 Å². The second-order valence-corrected chi connectivity index (χ2v) is 9.53. The van der Waals surface area contributed by atoms with Crippen molar-refractivity contribution in [2.24, 2.45) is 0 Å². The molecule has 0 bridgehead atoms. The smallest absolute Gasteiger partial charge is 0.283 e. The molecule has 1 amide bonds. The number of ether oxygens (including phenoxy) is 3. The van der Waals surface area contributed by atoms with Gasteiger partial charge in [-0.1, -0.05) is 41.6 Å². The van der Waals surface area contributed by atoms with Gasteiger partial charge >= 0.3 is 0 Å². The number of benzene rings is 3. The van der Waals surface area contributed by atoms with Gasteiger partial charge in [0.15, 0.2) is 16.7 Å². The fourth-order valence-corrected chi connectivity index (χ4v) is 5.10. The van der Waals surface area contributed by atoms with E-state index in [1.165, 1.54) is 25.9 Å². The maximum atomic E-state index is 13.8. The number of halogens is 1. The van der Waals surface area contributed by atoms with E-state index >= 15 is 0 Å². The highest BCUT2D eigenvalue weighted by Gasteiger charge is 2.20. The highest BCUT2D eigenvalue weighted by atomic mass is 35.5. The van der Waals surface area contributed by atoms with Crippen LogP contribution in [0.4, 0.5) is 5.69 Å². The van der Waals surface area contributed by atoms with Crippen molar-refractivity contribution in [3.63, 3.8) is 0 Å². The topological polar surface area (TPSA) is 107 Å². The molecule has 0 aliphatic carbocycles. The van der Waals surface area contributed by atoms with Gasteiger partial charge in [-0.25, -0.2) is 4.98 Å². The first-order valence-electron chi connectivity index (χ1n) is 11.5. The minimum Gasteiger partial charge on any atom is -0.495 e. The third-order valence-corrected chi connectivity index (χ3v) is 7.06. The Labute approximate surface area is 226 Å². The van der Waals surface area contributed by atoms with Crippen molar-refractivity contribution in [2.75, 3.05) is 32.4 Å². The molecule has 9 nitrogen and oxygen atoms in total. The molecule has 194 valence electrons. The lowest BCUT2D eigenvalue weighted by atomic mass is 10.2. The third-order valence-electron chi connectivity index (χ3n) is 5.89. The minimum atomic E-state index is -0.317. The summed E-state index contributed by atoms with van der Waals surface area (Å²) >= 11 is 7.22. The van der Waals surface area contributed by atoms with Gasteiger partial charge in [0.1, 0.15) is 16.8 Å². The predicted octanol–water partition coefficient (Wildman–Crippen LogP) is 5.28. The van der Waals surface area contributed by atoms with Crippen LogP contribution in [-0.4, -0.2) is 47.5 Å². The predicted molar refractivity (Wildman–Crippen MR) is 150 cm³/mol. The molecular weight excluding hydrogens is 528 g/mol. The van der Waals surface area contributed by atoms with E-state index in [2.05, 4.69) is 10.3 Å². The Hall–Kier alpha value is -4.15. The van der Waals surface area contributed by atoms with Gasteiger partial charge in [0.2, 0.25) is 5.91 Å². The van der Waals surface area contributed by atoms with Crippen LogP contribution in [0.1, 0.15) is 0 Å². The van der Waals surface area contributed by atoms with E-state index in [0.29, 0.717) is 49.8 Å². The molecule has 38 heavy (non-hydrogen) atoms. The van der Waals surface area contributed by atoms with Crippen molar-refractivity contribution in [2.45, 2.75) is 5.16 Å². The number of carbonyl (C=O) groups is 1. The van der Waals surface area contributed by atoms with E-state index < -0.39 is 0 Å². The summed E-state index contributed by atoms with van der Waals surface area (Å²) in [6.45, 7) is 0. The number of para-hydroxylation sites is 1. The number of hydrogen-bond acceptors (Lipinski definition) is 7. The molecule has 0 aliphatic heterocycles. The molecule has 0 radical (unpaired) electrons. The average molecular weight is 551 g/mol. The van der Waals surface area contributed by atoms with Crippen LogP contribution in [-0.2, 0) is 4.79 Å². The Balaban J connectivity index is 1.57. The Bertz CT molecular complexity index is 1730. The average Bonchev–Trinajstić information content (AvgIpc) is 3.31. The fourth-order valence-electron chi connectivity index (χ4n) is 4.13. The molecule has 2 heterocycles. The maximum absolute atomic E-state index is 13.8. The standard InChI is InChI=1S/C27H23ClN4O5S/c1-35-20-10-8-15(28)12-19(20)29-23(33)14-38-27-31-24-17-6-4-5-7-18(17)30-25(24)26(34)32(27)16-9-11-21(36-2)22(13-16)37-3/h4-13,30H,14H2,1-3H3,(H,29,33). The van der Waals surface area contributed by atoms with Crippen LogP contribution in [0.2, 0.25) is 5.02 Å². The number of carbonyl (C=O) groups excluding carboxylic acids is 1. The summed E-state index contributed by atoms with van der Waals surface area (Å²) in [4.78, 5) is 34.7. The van der Waals surface area contributed by atoms with Crippen molar-refractivity contribution in [1.29, 1.82) is 0 Å². The summed E-state index contributed by atoms with van der Waals surface area (Å²) in [5.41, 5.74) is 2.33. The van der Waals surface area contributed by atoms with Crippen LogP contribution in [0.25, 0.3) is 27.6 Å². The normalized spacial score (nSPS) is 11.1.